The van der Waals surface area contributed by atoms with Crippen LogP contribution in [0.1, 0.15) is 19.8 Å². The molecular formula is C25H31N3O6S2. The van der Waals surface area contributed by atoms with E-state index in [-0.39, 0.29) is 17.3 Å². The molecule has 1 aliphatic heterocycles. The molecule has 0 saturated carbocycles. The SMILES string of the molecule is CCOc1ccc2c(c1)sc(=NC(=O)C1CCCN(S(=O)(=O)c3ccc(OC)cc3)C1)n2CCOC. The fraction of sp³-hybridized carbons (Fsp3) is 0.440. The minimum atomic E-state index is -3.73. The van der Waals surface area contributed by atoms with Gasteiger partial charge in [-0.1, -0.05) is 11.3 Å². The Kier molecular flexibility index (Phi) is 8.45. The molecule has 2 heterocycles. The van der Waals surface area contributed by atoms with E-state index in [0.29, 0.717) is 49.7 Å². The van der Waals surface area contributed by atoms with E-state index < -0.39 is 15.9 Å². The van der Waals surface area contributed by atoms with Gasteiger partial charge in [0.15, 0.2) is 4.80 Å². The molecule has 1 unspecified atom stereocenters. The zero-order valence-electron chi connectivity index (χ0n) is 20.7. The highest BCUT2D eigenvalue weighted by Crippen LogP contribution is 2.27. The van der Waals surface area contributed by atoms with Crippen LogP contribution >= 0.6 is 11.3 Å². The predicted octanol–water partition coefficient (Wildman–Crippen LogP) is 3.28. The average molecular weight is 534 g/mol. The Balaban J connectivity index is 1.60. The van der Waals surface area contributed by atoms with Crippen LogP contribution in [0.25, 0.3) is 10.2 Å². The molecule has 1 aromatic heterocycles. The minimum Gasteiger partial charge on any atom is -0.497 e. The van der Waals surface area contributed by atoms with E-state index in [1.807, 2.05) is 29.7 Å². The van der Waals surface area contributed by atoms with Gasteiger partial charge in [0.25, 0.3) is 5.91 Å². The molecule has 1 fully saturated rings. The molecule has 36 heavy (non-hydrogen) atoms. The Labute approximate surface area is 215 Å². The number of benzene rings is 2. The number of rotatable bonds is 9. The molecule has 0 bridgehead atoms. The summed E-state index contributed by atoms with van der Waals surface area (Å²) in [6.07, 6.45) is 1.18. The van der Waals surface area contributed by atoms with Gasteiger partial charge in [0.05, 0.1) is 41.4 Å². The number of hydrogen-bond donors (Lipinski definition) is 0. The summed E-state index contributed by atoms with van der Waals surface area (Å²) < 4.78 is 46.7. The first-order valence-corrected chi connectivity index (χ1v) is 14.1. The summed E-state index contributed by atoms with van der Waals surface area (Å²) in [4.78, 5) is 18.5. The van der Waals surface area contributed by atoms with Crippen molar-refractivity contribution in [3.63, 3.8) is 0 Å². The highest BCUT2D eigenvalue weighted by atomic mass is 32.2. The zero-order chi connectivity index (χ0) is 25.7. The molecule has 0 N–H and O–H groups in total. The first-order chi connectivity index (χ1) is 17.4. The van der Waals surface area contributed by atoms with Gasteiger partial charge in [-0.15, -0.1) is 0 Å². The normalized spacial score (nSPS) is 17.4. The molecule has 0 spiro atoms. The molecule has 1 aliphatic rings. The Bertz CT molecular complexity index is 1380. The number of ether oxygens (including phenoxy) is 3. The number of amides is 1. The maximum atomic E-state index is 13.3. The van der Waals surface area contributed by atoms with Crippen molar-refractivity contribution in [1.82, 2.24) is 8.87 Å². The third kappa shape index (κ3) is 5.64. The smallest absolute Gasteiger partial charge is 0.252 e. The summed E-state index contributed by atoms with van der Waals surface area (Å²) in [5, 5.41) is 0. The Morgan fingerprint density at radius 1 is 1.14 bits per heavy atom. The van der Waals surface area contributed by atoms with E-state index in [4.69, 9.17) is 14.2 Å². The zero-order valence-corrected chi connectivity index (χ0v) is 22.3. The van der Waals surface area contributed by atoms with Gasteiger partial charge in [-0.2, -0.15) is 9.30 Å². The first-order valence-electron chi connectivity index (χ1n) is 11.8. The third-order valence-corrected chi connectivity index (χ3v) is 9.04. The largest absolute Gasteiger partial charge is 0.497 e. The van der Waals surface area contributed by atoms with Gasteiger partial charge in [0, 0.05) is 26.7 Å². The maximum absolute atomic E-state index is 13.3. The molecular weight excluding hydrogens is 502 g/mol. The Hall–Kier alpha value is -2.73. The molecule has 0 aliphatic carbocycles. The van der Waals surface area contributed by atoms with Crippen LogP contribution in [0.15, 0.2) is 52.4 Å². The number of sulfonamides is 1. The van der Waals surface area contributed by atoms with Crippen molar-refractivity contribution in [2.24, 2.45) is 10.9 Å². The standard InChI is InChI=1S/C25H31N3O6S2/c1-4-34-20-9-12-22-23(16-20)35-25(28(22)14-15-32-2)26-24(29)18-6-5-13-27(17-18)36(30,31)21-10-7-19(33-3)8-11-21/h7-12,16,18H,4-6,13-15,17H2,1-3H3. The van der Waals surface area contributed by atoms with E-state index in [1.165, 1.54) is 34.9 Å². The van der Waals surface area contributed by atoms with E-state index >= 15 is 0 Å². The summed E-state index contributed by atoms with van der Waals surface area (Å²) in [5.41, 5.74) is 0.944. The summed E-state index contributed by atoms with van der Waals surface area (Å²) in [7, 11) is -0.568. The van der Waals surface area contributed by atoms with Crippen molar-refractivity contribution >= 4 is 37.5 Å². The number of fused-ring (bicyclic) bond motifs is 1. The topological polar surface area (TPSA) is 99.4 Å². The number of piperidine rings is 1. The van der Waals surface area contributed by atoms with Crippen molar-refractivity contribution in [2.75, 3.05) is 40.5 Å². The summed E-state index contributed by atoms with van der Waals surface area (Å²) in [6, 6.07) is 12.1. The predicted molar refractivity (Wildman–Crippen MR) is 138 cm³/mol. The lowest BCUT2D eigenvalue weighted by Gasteiger charge is -2.30. The molecule has 2 aromatic carbocycles. The maximum Gasteiger partial charge on any atom is 0.252 e. The van der Waals surface area contributed by atoms with Crippen LogP contribution in [0.5, 0.6) is 11.5 Å². The van der Waals surface area contributed by atoms with Gasteiger partial charge in [0.1, 0.15) is 11.5 Å². The number of thiazole rings is 1. The van der Waals surface area contributed by atoms with E-state index in [2.05, 4.69) is 4.99 Å². The Morgan fingerprint density at radius 2 is 1.89 bits per heavy atom. The molecule has 194 valence electrons. The summed E-state index contributed by atoms with van der Waals surface area (Å²) >= 11 is 1.41. The number of carbonyl (C=O) groups excluding carboxylic acids is 1. The lowest BCUT2D eigenvalue weighted by atomic mass is 9.99. The van der Waals surface area contributed by atoms with Gasteiger partial charge >= 0.3 is 0 Å². The highest BCUT2D eigenvalue weighted by molar-refractivity contribution is 7.89. The van der Waals surface area contributed by atoms with Crippen LogP contribution in [0.3, 0.4) is 0 Å². The van der Waals surface area contributed by atoms with Gasteiger partial charge < -0.3 is 18.8 Å². The lowest BCUT2D eigenvalue weighted by molar-refractivity contribution is -0.122. The van der Waals surface area contributed by atoms with Crippen molar-refractivity contribution in [2.45, 2.75) is 31.2 Å². The van der Waals surface area contributed by atoms with Crippen LogP contribution in [0.4, 0.5) is 0 Å². The van der Waals surface area contributed by atoms with Crippen LogP contribution in [-0.2, 0) is 26.1 Å². The van der Waals surface area contributed by atoms with E-state index in [1.54, 1.807) is 19.2 Å². The fourth-order valence-corrected chi connectivity index (χ4v) is 6.85. The number of carbonyl (C=O) groups is 1. The van der Waals surface area contributed by atoms with Crippen molar-refractivity contribution in [3.8, 4) is 11.5 Å². The summed E-state index contributed by atoms with van der Waals surface area (Å²) in [5.74, 6) is 0.520. The molecule has 1 amide bonds. The van der Waals surface area contributed by atoms with Crippen molar-refractivity contribution in [1.29, 1.82) is 0 Å². The highest BCUT2D eigenvalue weighted by Gasteiger charge is 2.33. The fourth-order valence-electron chi connectivity index (χ4n) is 4.24. The van der Waals surface area contributed by atoms with Crippen LogP contribution < -0.4 is 14.3 Å². The lowest BCUT2D eigenvalue weighted by Crippen LogP contribution is -2.42. The number of hydrogen-bond acceptors (Lipinski definition) is 7. The van der Waals surface area contributed by atoms with Crippen molar-refractivity contribution < 1.29 is 27.4 Å². The van der Waals surface area contributed by atoms with Crippen LogP contribution in [0, 0.1) is 5.92 Å². The van der Waals surface area contributed by atoms with Crippen LogP contribution in [0.2, 0.25) is 0 Å². The molecule has 4 rings (SSSR count). The summed E-state index contributed by atoms with van der Waals surface area (Å²) in [6.45, 7) is 3.98. The molecule has 11 heteroatoms. The second kappa shape index (κ2) is 11.5. The quantitative estimate of drug-likeness (QED) is 0.419. The van der Waals surface area contributed by atoms with Gasteiger partial charge in [-0.25, -0.2) is 8.42 Å². The van der Waals surface area contributed by atoms with E-state index in [9.17, 15) is 13.2 Å². The Morgan fingerprint density at radius 3 is 2.58 bits per heavy atom. The monoisotopic (exact) mass is 533 g/mol. The van der Waals surface area contributed by atoms with Gasteiger partial charge in [-0.3, -0.25) is 4.79 Å². The molecule has 9 nitrogen and oxygen atoms in total. The number of aromatic nitrogens is 1. The van der Waals surface area contributed by atoms with Crippen molar-refractivity contribution in [3.05, 3.63) is 47.3 Å². The second-order valence-electron chi connectivity index (χ2n) is 8.42. The molecule has 0 radical (unpaired) electrons. The molecule has 1 atom stereocenters. The molecule has 1 saturated heterocycles. The average Bonchev–Trinajstić information content (AvgIpc) is 3.23. The van der Waals surface area contributed by atoms with Gasteiger partial charge in [0.2, 0.25) is 10.0 Å². The third-order valence-electron chi connectivity index (χ3n) is 6.12. The van der Waals surface area contributed by atoms with E-state index in [0.717, 1.165) is 16.0 Å². The second-order valence-corrected chi connectivity index (χ2v) is 11.4. The minimum absolute atomic E-state index is 0.105. The van der Waals surface area contributed by atoms with Gasteiger partial charge in [-0.05, 0) is 62.2 Å². The number of nitrogens with zero attached hydrogens (tertiary/aromatic N) is 3. The first kappa shape index (κ1) is 26.3. The number of methoxy groups -OCH3 is 2. The molecule has 3 aromatic rings. The van der Waals surface area contributed by atoms with Crippen LogP contribution in [-0.4, -0.2) is 63.7 Å².